The summed E-state index contributed by atoms with van der Waals surface area (Å²) >= 11 is 0. The minimum Gasteiger partial charge on any atom is -0.480 e. The van der Waals surface area contributed by atoms with E-state index in [1.54, 1.807) is 4.90 Å². The fraction of sp³-hybridized carbons (Fsp3) is 0.750. The Labute approximate surface area is 80.6 Å². The molecule has 0 radical (unpaired) electrons. The molecule has 1 amide bonds. The van der Waals surface area contributed by atoms with Crippen molar-refractivity contribution in [3.05, 3.63) is 0 Å². The standard InChI is InChI=1S/C8H12N2O4/c9-5(8(12)13)1-4-3-10-6(11)2-7(10)14-4/h4-5,7H,1-3,9H2,(H,12,13). The number of hydrogen-bond donors (Lipinski definition) is 2. The van der Waals surface area contributed by atoms with E-state index in [4.69, 9.17) is 15.6 Å². The molecule has 3 atom stereocenters. The number of carboxylic acids is 1. The first-order valence-electron chi connectivity index (χ1n) is 4.51. The summed E-state index contributed by atoms with van der Waals surface area (Å²) in [6.45, 7) is 0.477. The Hall–Kier alpha value is -1.14. The Morgan fingerprint density at radius 2 is 2.50 bits per heavy atom. The molecule has 0 aromatic rings. The quantitative estimate of drug-likeness (QED) is 0.555. The van der Waals surface area contributed by atoms with Crippen LogP contribution in [0.15, 0.2) is 0 Å². The summed E-state index contributed by atoms with van der Waals surface area (Å²) in [6, 6.07) is -0.909. The van der Waals surface area contributed by atoms with E-state index in [1.807, 2.05) is 0 Å². The zero-order chi connectivity index (χ0) is 10.3. The molecule has 78 valence electrons. The topological polar surface area (TPSA) is 92.9 Å². The van der Waals surface area contributed by atoms with E-state index in [2.05, 4.69) is 0 Å². The van der Waals surface area contributed by atoms with Crippen LogP contribution in [0.4, 0.5) is 0 Å². The van der Waals surface area contributed by atoms with Crippen LogP contribution in [0.5, 0.6) is 0 Å². The molecule has 2 fully saturated rings. The number of hydrogen-bond acceptors (Lipinski definition) is 4. The second kappa shape index (κ2) is 3.21. The van der Waals surface area contributed by atoms with Crippen molar-refractivity contribution in [1.82, 2.24) is 4.90 Å². The zero-order valence-corrected chi connectivity index (χ0v) is 7.55. The number of fused-ring (bicyclic) bond motifs is 1. The van der Waals surface area contributed by atoms with E-state index in [-0.39, 0.29) is 24.7 Å². The summed E-state index contributed by atoms with van der Waals surface area (Å²) in [5.41, 5.74) is 5.36. The number of rotatable bonds is 3. The van der Waals surface area contributed by atoms with E-state index >= 15 is 0 Å². The van der Waals surface area contributed by atoms with E-state index in [0.29, 0.717) is 13.0 Å². The van der Waals surface area contributed by atoms with Crippen LogP contribution in [-0.2, 0) is 14.3 Å². The third-order valence-corrected chi connectivity index (χ3v) is 2.60. The Morgan fingerprint density at radius 1 is 1.79 bits per heavy atom. The molecule has 2 aliphatic rings. The van der Waals surface area contributed by atoms with E-state index in [1.165, 1.54) is 0 Å². The van der Waals surface area contributed by atoms with Crippen molar-refractivity contribution in [2.24, 2.45) is 5.73 Å². The number of carbonyl (C=O) groups is 2. The van der Waals surface area contributed by atoms with Crippen LogP contribution in [-0.4, -0.2) is 46.8 Å². The van der Waals surface area contributed by atoms with Crippen LogP contribution >= 0.6 is 0 Å². The number of amides is 1. The fourth-order valence-electron chi connectivity index (χ4n) is 1.76. The number of carbonyl (C=O) groups excluding carboxylic acids is 1. The minimum absolute atomic E-state index is 0.0707. The third kappa shape index (κ3) is 1.46. The van der Waals surface area contributed by atoms with Gasteiger partial charge in [0, 0.05) is 13.0 Å². The first-order valence-corrected chi connectivity index (χ1v) is 4.51. The molecule has 2 heterocycles. The molecule has 14 heavy (non-hydrogen) atoms. The molecule has 0 saturated carbocycles. The number of β-lactam (4-membered cyclic amide) rings is 1. The van der Waals surface area contributed by atoms with Gasteiger partial charge in [-0.25, -0.2) is 0 Å². The lowest BCUT2D eigenvalue weighted by molar-refractivity contribution is -0.157. The van der Waals surface area contributed by atoms with Crippen LogP contribution < -0.4 is 5.73 Å². The van der Waals surface area contributed by atoms with E-state index < -0.39 is 12.0 Å². The Morgan fingerprint density at radius 3 is 3.00 bits per heavy atom. The van der Waals surface area contributed by atoms with Crippen molar-refractivity contribution >= 4 is 11.9 Å². The average molecular weight is 200 g/mol. The minimum atomic E-state index is -1.03. The first-order chi connectivity index (χ1) is 6.58. The maximum atomic E-state index is 11.0. The maximum absolute atomic E-state index is 11.0. The highest BCUT2D eigenvalue weighted by Gasteiger charge is 2.45. The normalized spacial score (nSPS) is 32.4. The van der Waals surface area contributed by atoms with Crippen molar-refractivity contribution in [2.45, 2.75) is 31.2 Å². The van der Waals surface area contributed by atoms with Crippen molar-refractivity contribution in [3.8, 4) is 0 Å². The predicted octanol–water partition coefficient (Wildman–Crippen LogP) is -1.25. The summed E-state index contributed by atoms with van der Waals surface area (Å²) in [6.07, 6.45) is 0.320. The lowest BCUT2D eigenvalue weighted by Crippen LogP contribution is -2.48. The molecular weight excluding hydrogens is 188 g/mol. The molecule has 3 N–H and O–H groups in total. The summed E-state index contributed by atoms with van der Waals surface area (Å²) in [5.74, 6) is -0.962. The van der Waals surface area contributed by atoms with Gasteiger partial charge < -0.3 is 20.5 Å². The highest BCUT2D eigenvalue weighted by Crippen LogP contribution is 2.29. The lowest BCUT2D eigenvalue weighted by atomic mass is 10.1. The smallest absolute Gasteiger partial charge is 0.320 e. The molecule has 6 nitrogen and oxygen atoms in total. The highest BCUT2D eigenvalue weighted by molar-refractivity contribution is 5.83. The molecule has 0 aliphatic carbocycles. The maximum Gasteiger partial charge on any atom is 0.320 e. The zero-order valence-electron chi connectivity index (χ0n) is 7.55. The number of nitrogens with two attached hydrogens (primary N) is 1. The Kier molecular flexibility index (Phi) is 2.16. The lowest BCUT2D eigenvalue weighted by Gasteiger charge is -2.31. The molecule has 2 aliphatic heterocycles. The first kappa shape index (κ1) is 9.42. The van der Waals surface area contributed by atoms with Crippen LogP contribution in [0.25, 0.3) is 0 Å². The Bertz CT molecular complexity index is 281. The van der Waals surface area contributed by atoms with Crippen molar-refractivity contribution in [3.63, 3.8) is 0 Å². The molecule has 0 aromatic heterocycles. The SMILES string of the molecule is NC(CC1CN2C(=O)CC2O1)C(=O)O. The molecule has 0 spiro atoms. The summed E-state index contributed by atoms with van der Waals surface area (Å²) in [5, 5.41) is 8.58. The monoisotopic (exact) mass is 200 g/mol. The van der Waals surface area contributed by atoms with Crippen LogP contribution in [0, 0.1) is 0 Å². The van der Waals surface area contributed by atoms with E-state index in [0.717, 1.165) is 0 Å². The average Bonchev–Trinajstić information content (AvgIpc) is 2.42. The number of carboxylic acid groups (broad SMARTS) is 1. The van der Waals surface area contributed by atoms with Crippen LogP contribution in [0.2, 0.25) is 0 Å². The van der Waals surface area contributed by atoms with Crippen LogP contribution in [0.1, 0.15) is 12.8 Å². The molecule has 0 aromatic carbocycles. The third-order valence-electron chi connectivity index (χ3n) is 2.60. The van der Waals surface area contributed by atoms with Crippen molar-refractivity contribution < 1.29 is 19.4 Å². The van der Waals surface area contributed by atoms with Crippen molar-refractivity contribution in [2.75, 3.05) is 6.54 Å². The molecule has 6 heteroatoms. The second-order valence-corrected chi connectivity index (χ2v) is 3.64. The molecule has 2 rings (SSSR count). The Balaban J connectivity index is 1.84. The van der Waals surface area contributed by atoms with E-state index in [9.17, 15) is 9.59 Å². The van der Waals surface area contributed by atoms with Gasteiger partial charge in [-0.05, 0) is 0 Å². The van der Waals surface area contributed by atoms with Crippen molar-refractivity contribution in [1.29, 1.82) is 0 Å². The molecular formula is C8H12N2O4. The predicted molar refractivity (Wildman–Crippen MR) is 45.2 cm³/mol. The summed E-state index contributed by atoms with van der Waals surface area (Å²) < 4.78 is 5.41. The number of ether oxygens (including phenoxy) is 1. The fourth-order valence-corrected chi connectivity index (χ4v) is 1.76. The largest absolute Gasteiger partial charge is 0.480 e. The van der Waals surface area contributed by atoms with Gasteiger partial charge in [-0.2, -0.15) is 0 Å². The van der Waals surface area contributed by atoms with Gasteiger partial charge >= 0.3 is 5.97 Å². The van der Waals surface area contributed by atoms with Gasteiger partial charge in [-0.1, -0.05) is 0 Å². The molecule has 0 bridgehead atoms. The number of aliphatic carboxylic acids is 1. The molecule has 2 saturated heterocycles. The van der Waals surface area contributed by atoms with Gasteiger partial charge in [-0.3, -0.25) is 9.59 Å². The summed E-state index contributed by atoms with van der Waals surface area (Å²) in [7, 11) is 0. The van der Waals surface area contributed by atoms with Gasteiger partial charge in [0.15, 0.2) is 0 Å². The summed E-state index contributed by atoms with van der Waals surface area (Å²) in [4.78, 5) is 23.1. The molecule has 3 unspecified atom stereocenters. The van der Waals surface area contributed by atoms with Gasteiger partial charge in [0.1, 0.15) is 12.3 Å². The van der Waals surface area contributed by atoms with Gasteiger partial charge in [0.05, 0.1) is 12.5 Å². The highest BCUT2D eigenvalue weighted by atomic mass is 16.5. The van der Waals surface area contributed by atoms with Gasteiger partial charge in [-0.15, -0.1) is 0 Å². The number of nitrogens with zero attached hydrogens (tertiary/aromatic N) is 1. The second-order valence-electron chi connectivity index (χ2n) is 3.64. The van der Waals surface area contributed by atoms with Gasteiger partial charge in [0.2, 0.25) is 5.91 Å². The van der Waals surface area contributed by atoms with Gasteiger partial charge in [0.25, 0.3) is 0 Å². The van der Waals surface area contributed by atoms with Crippen LogP contribution in [0.3, 0.4) is 0 Å².